The van der Waals surface area contributed by atoms with Crippen molar-refractivity contribution < 1.29 is 19.4 Å². The fourth-order valence-electron chi connectivity index (χ4n) is 6.40. The molecule has 1 N–H and O–H groups in total. The summed E-state index contributed by atoms with van der Waals surface area (Å²) in [5, 5.41) is 11.8. The van der Waals surface area contributed by atoms with Gasteiger partial charge in [0.25, 0.3) is 0 Å². The van der Waals surface area contributed by atoms with E-state index in [9.17, 15) is 5.11 Å². The number of nitrogens with zero attached hydrogens (tertiary/aromatic N) is 1. The Morgan fingerprint density at radius 3 is 1.97 bits per heavy atom. The molecular weight excluding hydrogens is 450 g/mol. The Kier molecular flexibility index (Phi) is 10.7. The third kappa shape index (κ3) is 8.18. The standard InChI is InChI=1S/C31H53NO4/c1-7-8-9-10-11-12-13-14-15-16-17-28-22-34-31(35-28)23-29(3,4)32(30(5,6)24-31)36-25(2)26-18-20-27(33)21-19-26/h18-21,25,28,33H,7-17,22-24H2,1-6H3. The predicted octanol–water partition coefficient (Wildman–Crippen LogP) is 8.46. The van der Waals surface area contributed by atoms with Gasteiger partial charge in [-0.05, 0) is 58.7 Å². The monoisotopic (exact) mass is 503 g/mol. The summed E-state index contributed by atoms with van der Waals surface area (Å²) >= 11 is 0. The van der Waals surface area contributed by atoms with E-state index in [-0.39, 0.29) is 29.0 Å². The molecule has 1 aromatic carbocycles. The summed E-state index contributed by atoms with van der Waals surface area (Å²) in [6.07, 6.45) is 16.3. The zero-order valence-corrected chi connectivity index (χ0v) is 24.0. The number of piperidine rings is 1. The van der Waals surface area contributed by atoms with Crippen molar-refractivity contribution in [3.8, 4) is 5.75 Å². The minimum absolute atomic E-state index is 0.118. The normalized spacial score (nSPS) is 23.8. The zero-order valence-electron chi connectivity index (χ0n) is 24.0. The summed E-state index contributed by atoms with van der Waals surface area (Å²) in [4.78, 5) is 6.56. The zero-order chi connectivity index (χ0) is 26.2. The van der Waals surface area contributed by atoms with Crippen LogP contribution in [0, 0.1) is 0 Å². The molecule has 2 atom stereocenters. The Balaban J connectivity index is 1.44. The third-order valence-electron chi connectivity index (χ3n) is 7.92. The first-order chi connectivity index (χ1) is 17.1. The van der Waals surface area contributed by atoms with Crippen molar-refractivity contribution in [1.82, 2.24) is 5.06 Å². The van der Waals surface area contributed by atoms with Crippen LogP contribution in [0.25, 0.3) is 0 Å². The van der Waals surface area contributed by atoms with Gasteiger partial charge in [-0.25, -0.2) is 0 Å². The Morgan fingerprint density at radius 1 is 0.889 bits per heavy atom. The number of unbranched alkanes of at least 4 members (excludes halogenated alkanes) is 9. The van der Waals surface area contributed by atoms with Gasteiger partial charge in [-0.15, -0.1) is 0 Å². The minimum Gasteiger partial charge on any atom is -0.508 e. The van der Waals surface area contributed by atoms with E-state index < -0.39 is 5.79 Å². The van der Waals surface area contributed by atoms with Gasteiger partial charge >= 0.3 is 0 Å². The van der Waals surface area contributed by atoms with Crippen LogP contribution in [0.5, 0.6) is 5.75 Å². The highest BCUT2D eigenvalue weighted by Crippen LogP contribution is 2.49. The molecule has 0 saturated carbocycles. The van der Waals surface area contributed by atoms with Crippen LogP contribution in [0.1, 0.15) is 137 Å². The van der Waals surface area contributed by atoms with E-state index in [1.54, 1.807) is 12.1 Å². The Morgan fingerprint density at radius 2 is 1.42 bits per heavy atom. The Hall–Kier alpha value is -1.14. The molecule has 2 aliphatic rings. The van der Waals surface area contributed by atoms with Gasteiger partial charge in [-0.3, -0.25) is 4.84 Å². The van der Waals surface area contributed by atoms with E-state index in [1.807, 2.05) is 12.1 Å². The van der Waals surface area contributed by atoms with Gasteiger partial charge in [0, 0.05) is 23.9 Å². The number of hydrogen-bond donors (Lipinski definition) is 1. The lowest BCUT2D eigenvalue weighted by Gasteiger charge is -2.56. The number of hydrogen-bond acceptors (Lipinski definition) is 5. The molecule has 0 aliphatic carbocycles. The topological polar surface area (TPSA) is 51.2 Å². The molecule has 206 valence electrons. The predicted molar refractivity (Wildman–Crippen MR) is 147 cm³/mol. The molecule has 0 amide bonds. The van der Waals surface area contributed by atoms with E-state index in [1.165, 1.54) is 64.2 Å². The first-order valence-electron chi connectivity index (χ1n) is 14.6. The van der Waals surface area contributed by atoms with Crippen molar-refractivity contribution in [3.05, 3.63) is 29.8 Å². The molecule has 0 radical (unpaired) electrons. The number of phenols is 1. The number of benzene rings is 1. The molecule has 2 saturated heterocycles. The van der Waals surface area contributed by atoms with Gasteiger partial charge in [0.1, 0.15) is 11.9 Å². The summed E-state index contributed by atoms with van der Waals surface area (Å²) < 4.78 is 13.1. The molecule has 2 fully saturated rings. The number of hydroxylamine groups is 2. The molecule has 2 aliphatic heterocycles. The maximum absolute atomic E-state index is 9.62. The second-order valence-corrected chi connectivity index (χ2v) is 12.5. The largest absolute Gasteiger partial charge is 0.508 e. The first kappa shape index (κ1) is 29.4. The third-order valence-corrected chi connectivity index (χ3v) is 7.92. The molecular formula is C31H53NO4. The van der Waals surface area contributed by atoms with Gasteiger partial charge < -0.3 is 14.6 Å². The van der Waals surface area contributed by atoms with Crippen molar-refractivity contribution >= 4 is 0 Å². The van der Waals surface area contributed by atoms with Crippen LogP contribution in [0.3, 0.4) is 0 Å². The highest BCUT2D eigenvalue weighted by Gasteiger charge is 2.57. The maximum Gasteiger partial charge on any atom is 0.172 e. The molecule has 36 heavy (non-hydrogen) atoms. The average Bonchev–Trinajstić information content (AvgIpc) is 3.18. The Bertz CT molecular complexity index is 757. The average molecular weight is 504 g/mol. The van der Waals surface area contributed by atoms with Crippen LogP contribution < -0.4 is 0 Å². The number of phenolic OH excluding ortho intramolecular Hbond substituents is 1. The van der Waals surface area contributed by atoms with Gasteiger partial charge in [-0.2, -0.15) is 5.06 Å². The molecule has 3 rings (SSSR count). The van der Waals surface area contributed by atoms with Crippen molar-refractivity contribution in [2.75, 3.05) is 6.61 Å². The molecule has 5 heteroatoms. The fraction of sp³-hybridized carbons (Fsp3) is 0.806. The molecule has 2 unspecified atom stereocenters. The minimum atomic E-state index is -0.530. The van der Waals surface area contributed by atoms with E-state index in [2.05, 4.69) is 46.6 Å². The summed E-state index contributed by atoms with van der Waals surface area (Å²) in [6.45, 7) is 13.9. The van der Waals surface area contributed by atoms with Gasteiger partial charge in [-0.1, -0.05) is 83.3 Å². The second-order valence-electron chi connectivity index (χ2n) is 12.5. The van der Waals surface area contributed by atoms with Crippen LogP contribution in [-0.2, 0) is 14.3 Å². The molecule has 0 aromatic heterocycles. The van der Waals surface area contributed by atoms with Crippen molar-refractivity contribution in [2.45, 2.75) is 154 Å². The maximum atomic E-state index is 9.62. The highest BCUT2D eigenvalue weighted by molar-refractivity contribution is 5.27. The van der Waals surface area contributed by atoms with Crippen LogP contribution in [0.15, 0.2) is 24.3 Å². The summed E-state index contributed by atoms with van der Waals surface area (Å²) in [6, 6.07) is 7.27. The fourth-order valence-corrected chi connectivity index (χ4v) is 6.40. The van der Waals surface area contributed by atoms with E-state index in [0.29, 0.717) is 6.61 Å². The van der Waals surface area contributed by atoms with Crippen LogP contribution >= 0.6 is 0 Å². The quantitative estimate of drug-likeness (QED) is 0.258. The van der Waals surface area contributed by atoms with Gasteiger partial charge in [0.15, 0.2) is 5.79 Å². The van der Waals surface area contributed by atoms with Crippen molar-refractivity contribution in [2.24, 2.45) is 0 Å². The van der Waals surface area contributed by atoms with E-state index >= 15 is 0 Å². The van der Waals surface area contributed by atoms with Crippen molar-refractivity contribution in [1.29, 1.82) is 0 Å². The van der Waals surface area contributed by atoms with Crippen LogP contribution in [-0.4, -0.2) is 39.7 Å². The number of rotatable bonds is 14. The lowest BCUT2D eigenvalue weighted by atomic mass is 9.78. The van der Waals surface area contributed by atoms with Gasteiger partial charge in [0.05, 0.1) is 12.7 Å². The molecule has 1 spiro atoms. The van der Waals surface area contributed by atoms with E-state index in [0.717, 1.165) is 24.8 Å². The first-order valence-corrected chi connectivity index (χ1v) is 14.6. The number of ether oxygens (including phenoxy) is 2. The lowest BCUT2D eigenvalue weighted by Crippen LogP contribution is -2.65. The molecule has 2 heterocycles. The number of aromatic hydroxyl groups is 1. The van der Waals surface area contributed by atoms with Crippen molar-refractivity contribution in [3.63, 3.8) is 0 Å². The summed E-state index contributed by atoms with van der Waals surface area (Å²) in [5.41, 5.74) is 0.544. The SMILES string of the molecule is CCCCCCCCCCCCC1COC2(CC(C)(C)N(OC(C)c3ccc(O)cc3)C(C)(C)C2)O1. The lowest BCUT2D eigenvalue weighted by molar-refractivity contribution is -0.351. The molecule has 0 bridgehead atoms. The summed E-state index contributed by atoms with van der Waals surface area (Å²) in [5.74, 6) is -0.257. The molecule has 1 aromatic rings. The van der Waals surface area contributed by atoms with Gasteiger partial charge in [0.2, 0.25) is 0 Å². The van der Waals surface area contributed by atoms with Crippen LogP contribution in [0.2, 0.25) is 0 Å². The second kappa shape index (κ2) is 13.1. The summed E-state index contributed by atoms with van der Waals surface area (Å²) in [7, 11) is 0. The van der Waals surface area contributed by atoms with E-state index in [4.69, 9.17) is 14.3 Å². The molecule has 5 nitrogen and oxygen atoms in total. The van der Waals surface area contributed by atoms with Crippen LogP contribution in [0.4, 0.5) is 0 Å². The highest BCUT2D eigenvalue weighted by atomic mass is 16.7. The smallest absolute Gasteiger partial charge is 0.172 e. The Labute approximate surface area is 220 Å².